The third-order valence-electron chi connectivity index (χ3n) is 11.3. The number of carbonyl (C=O) groups is 1. The molecule has 1 aliphatic heterocycles. The molecule has 2 saturated carbocycles. The van der Waals surface area contributed by atoms with Crippen molar-refractivity contribution < 1.29 is 9.53 Å². The Morgan fingerprint density at radius 2 is 1.95 bits per heavy atom. The molecule has 0 radical (unpaired) electrons. The monoisotopic (exact) mass is 540 g/mol. The van der Waals surface area contributed by atoms with Crippen LogP contribution in [0.3, 0.4) is 0 Å². The van der Waals surface area contributed by atoms with Gasteiger partial charge in [-0.2, -0.15) is 0 Å². The van der Waals surface area contributed by atoms with Gasteiger partial charge in [0, 0.05) is 38.0 Å². The van der Waals surface area contributed by atoms with Crippen molar-refractivity contribution in [3.05, 3.63) is 16.6 Å². The molecule has 0 spiro atoms. The predicted octanol–water partition coefficient (Wildman–Crippen LogP) is 6.39. The molecular formula is C31H48N4O2S. The highest BCUT2D eigenvalue weighted by Gasteiger charge is 2.60. The Morgan fingerprint density at radius 3 is 2.71 bits per heavy atom. The normalized spacial score (nSPS) is 37.0. The zero-order valence-electron chi connectivity index (χ0n) is 24.1. The highest BCUT2D eigenvalue weighted by atomic mass is 32.1. The van der Waals surface area contributed by atoms with Gasteiger partial charge in [0.1, 0.15) is 6.10 Å². The Balaban J connectivity index is 1.18. The number of anilines is 1. The summed E-state index contributed by atoms with van der Waals surface area (Å²) < 4.78 is 6.15. The van der Waals surface area contributed by atoms with Gasteiger partial charge in [-0.1, -0.05) is 51.5 Å². The number of likely N-dealkylation sites (N-methyl/N-ethyl adjacent to an activating group) is 1. The first-order valence-electron chi connectivity index (χ1n) is 15.5. The van der Waals surface area contributed by atoms with Crippen molar-refractivity contribution in [2.24, 2.45) is 28.6 Å². The van der Waals surface area contributed by atoms with Crippen molar-refractivity contribution in [2.45, 2.75) is 98.0 Å². The first-order valence-corrected chi connectivity index (χ1v) is 16.3. The smallest absolute Gasteiger partial charge is 0.306 e. The van der Waals surface area contributed by atoms with E-state index in [1.165, 1.54) is 42.7 Å². The lowest BCUT2D eigenvalue weighted by Crippen LogP contribution is -2.50. The van der Waals surface area contributed by atoms with E-state index in [0.29, 0.717) is 18.3 Å². The summed E-state index contributed by atoms with van der Waals surface area (Å²) >= 11 is 1.89. The molecule has 6 atom stereocenters. The second kappa shape index (κ2) is 10.5. The van der Waals surface area contributed by atoms with E-state index in [9.17, 15) is 4.79 Å². The standard InChI is InChI=1S/C31H48N4O2S/c1-5-7-8-27(36)37-26-12-11-22-21-9-10-24-28-25(14-16-30(24,3)23(21)13-15-31(22,26)4)32-29(38-28)33-35-19-17-34(6-2)18-20-35/h10,21-23,26H,5-9,11-20H2,1-4H3,(H,32,33)/t21-,22-,23-,26-,30+,31-/m0/s1. The van der Waals surface area contributed by atoms with Crippen LogP contribution in [0.15, 0.2) is 6.08 Å². The van der Waals surface area contributed by atoms with E-state index < -0.39 is 0 Å². The maximum absolute atomic E-state index is 12.5. The minimum Gasteiger partial charge on any atom is -0.462 e. The van der Waals surface area contributed by atoms with Gasteiger partial charge in [0.05, 0.1) is 10.6 Å². The number of hydrazine groups is 1. The van der Waals surface area contributed by atoms with Crippen molar-refractivity contribution in [1.82, 2.24) is 14.9 Å². The number of ether oxygens (including phenoxy) is 1. The fourth-order valence-corrected chi connectivity index (χ4v) is 10.1. The molecule has 1 saturated heterocycles. The lowest BCUT2D eigenvalue weighted by Gasteiger charge is -2.56. The molecule has 3 fully saturated rings. The number of nitrogens with zero attached hydrogens (tertiary/aromatic N) is 3. The Bertz CT molecular complexity index is 1060. The summed E-state index contributed by atoms with van der Waals surface area (Å²) in [6.07, 6.45) is 13.5. The van der Waals surface area contributed by atoms with E-state index in [0.717, 1.165) is 69.5 Å². The number of unbranched alkanes of at least 4 members (excludes halogenated alkanes) is 1. The van der Waals surface area contributed by atoms with E-state index in [-0.39, 0.29) is 22.9 Å². The SMILES string of the molecule is CCCCC(=O)O[C@H]1CC[C@H]2[C@@H]3CC=C4c5sc(NN6CCN(CC)CC6)nc5CC[C@]4(C)[C@H]3CC[C@]12C. The maximum Gasteiger partial charge on any atom is 0.306 e. The molecule has 0 aromatic carbocycles. The lowest BCUT2D eigenvalue weighted by molar-refractivity contribution is -0.159. The summed E-state index contributed by atoms with van der Waals surface area (Å²) in [5, 5.41) is 3.43. The van der Waals surface area contributed by atoms with Gasteiger partial charge in [-0.25, -0.2) is 9.99 Å². The minimum absolute atomic E-state index is 0.0281. The number of hydrogen-bond donors (Lipinski definition) is 1. The Morgan fingerprint density at radius 1 is 1.13 bits per heavy atom. The van der Waals surface area contributed by atoms with Crippen LogP contribution in [0, 0.1) is 28.6 Å². The largest absolute Gasteiger partial charge is 0.462 e. The van der Waals surface area contributed by atoms with E-state index >= 15 is 0 Å². The van der Waals surface area contributed by atoms with Gasteiger partial charge in [0.25, 0.3) is 0 Å². The van der Waals surface area contributed by atoms with Gasteiger partial charge in [-0.3, -0.25) is 10.2 Å². The number of rotatable bonds is 7. The van der Waals surface area contributed by atoms with Crippen LogP contribution in [-0.2, 0) is 16.0 Å². The van der Waals surface area contributed by atoms with Gasteiger partial charge in [0.2, 0.25) is 0 Å². The quantitative estimate of drug-likeness (QED) is 0.404. The summed E-state index contributed by atoms with van der Waals surface area (Å²) in [6.45, 7) is 14.9. The van der Waals surface area contributed by atoms with Crippen LogP contribution in [-0.4, -0.2) is 59.7 Å². The number of fused-ring (bicyclic) bond motifs is 7. The number of piperazine rings is 1. The Labute approximate surface area is 233 Å². The van der Waals surface area contributed by atoms with Crippen LogP contribution in [0.4, 0.5) is 5.13 Å². The molecule has 1 aromatic rings. The molecular weight excluding hydrogens is 492 g/mol. The zero-order chi connectivity index (χ0) is 26.5. The number of esters is 1. The average molecular weight is 541 g/mol. The highest BCUT2D eigenvalue weighted by molar-refractivity contribution is 7.16. The molecule has 0 unspecified atom stereocenters. The molecule has 0 bridgehead atoms. The van der Waals surface area contributed by atoms with Gasteiger partial charge in [-0.05, 0) is 86.7 Å². The third-order valence-corrected chi connectivity index (χ3v) is 12.3. The van der Waals surface area contributed by atoms with Crippen molar-refractivity contribution in [1.29, 1.82) is 0 Å². The number of carbonyl (C=O) groups excluding carboxylic acids is 1. The average Bonchev–Trinajstić information content (AvgIpc) is 3.47. The van der Waals surface area contributed by atoms with Gasteiger partial charge >= 0.3 is 5.97 Å². The Hall–Kier alpha value is -1.44. The van der Waals surface area contributed by atoms with Crippen molar-refractivity contribution in [3.8, 4) is 0 Å². The van der Waals surface area contributed by atoms with Crippen molar-refractivity contribution in [2.75, 3.05) is 38.1 Å². The van der Waals surface area contributed by atoms with Gasteiger partial charge in [-0.15, -0.1) is 0 Å². The molecule has 38 heavy (non-hydrogen) atoms. The first kappa shape index (κ1) is 26.8. The molecule has 6 nitrogen and oxygen atoms in total. The number of nitrogens with one attached hydrogen (secondary N) is 1. The second-order valence-corrected chi connectivity index (χ2v) is 14.2. The first-order chi connectivity index (χ1) is 18.4. The van der Waals surface area contributed by atoms with E-state index in [4.69, 9.17) is 9.72 Å². The molecule has 210 valence electrons. The summed E-state index contributed by atoms with van der Waals surface area (Å²) in [4.78, 5) is 21.6. The summed E-state index contributed by atoms with van der Waals surface area (Å²) in [5.74, 6) is 2.13. The molecule has 1 aromatic heterocycles. The van der Waals surface area contributed by atoms with Crippen LogP contribution >= 0.6 is 11.3 Å². The van der Waals surface area contributed by atoms with Crippen LogP contribution in [0.1, 0.15) is 96.1 Å². The summed E-state index contributed by atoms with van der Waals surface area (Å²) in [5.41, 5.74) is 6.95. The summed E-state index contributed by atoms with van der Waals surface area (Å²) in [7, 11) is 0. The molecule has 4 aliphatic carbocycles. The lowest BCUT2D eigenvalue weighted by atomic mass is 9.48. The van der Waals surface area contributed by atoms with E-state index in [1.807, 2.05) is 11.3 Å². The number of aryl methyl sites for hydroxylation is 1. The highest BCUT2D eigenvalue weighted by Crippen LogP contribution is 2.66. The minimum atomic E-state index is 0.0281. The van der Waals surface area contributed by atoms with Crippen LogP contribution in [0.2, 0.25) is 0 Å². The zero-order valence-corrected chi connectivity index (χ0v) is 24.9. The Kier molecular flexibility index (Phi) is 7.41. The van der Waals surface area contributed by atoms with Gasteiger partial charge in [0.15, 0.2) is 5.13 Å². The molecule has 2 heterocycles. The molecule has 1 N–H and O–H groups in total. The molecule has 7 heteroatoms. The fourth-order valence-electron chi connectivity index (χ4n) is 8.92. The van der Waals surface area contributed by atoms with Gasteiger partial charge < -0.3 is 9.64 Å². The molecule has 5 aliphatic rings. The van der Waals surface area contributed by atoms with Crippen LogP contribution in [0.25, 0.3) is 5.57 Å². The number of thiazole rings is 1. The van der Waals surface area contributed by atoms with Crippen LogP contribution < -0.4 is 5.43 Å². The maximum atomic E-state index is 12.5. The van der Waals surface area contributed by atoms with E-state index in [2.05, 4.69) is 49.1 Å². The predicted molar refractivity (Wildman–Crippen MR) is 155 cm³/mol. The van der Waals surface area contributed by atoms with Crippen molar-refractivity contribution in [3.63, 3.8) is 0 Å². The molecule has 6 rings (SSSR count). The van der Waals surface area contributed by atoms with Crippen molar-refractivity contribution >= 4 is 28.0 Å². The summed E-state index contributed by atoms with van der Waals surface area (Å²) in [6, 6.07) is 0. The fraction of sp³-hybridized carbons (Fsp3) is 0.806. The molecule has 0 amide bonds. The van der Waals surface area contributed by atoms with Crippen LogP contribution in [0.5, 0.6) is 0 Å². The topological polar surface area (TPSA) is 57.7 Å². The second-order valence-electron chi connectivity index (χ2n) is 13.2. The number of hydrogen-bond acceptors (Lipinski definition) is 7. The number of allylic oxidation sites excluding steroid dienone is 2. The number of aromatic nitrogens is 1. The third kappa shape index (κ3) is 4.54. The van der Waals surface area contributed by atoms with E-state index in [1.54, 1.807) is 5.57 Å².